The first-order valence-corrected chi connectivity index (χ1v) is 27.8. The molecule has 0 aromatic heterocycles. The molecule has 0 radical (unpaired) electrons. The van der Waals surface area contributed by atoms with Crippen LogP contribution in [0.3, 0.4) is 0 Å². The van der Waals surface area contributed by atoms with Crippen LogP contribution in [0.25, 0.3) is 0 Å². The monoisotopic (exact) mass is 1080 g/mol. The lowest BCUT2D eigenvalue weighted by molar-refractivity contribution is -0.144. The molecule has 2 fully saturated rings. The van der Waals surface area contributed by atoms with Crippen LogP contribution in [0.2, 0.25) is 0 Å². The summed E-state index contributed by atoms with van der Waals surface area (Å²) in [6.07, 6.45) is 4.13. The molecule has 0 bridgehead atoms. The van der Waals surface area contributed by atoms with Crippen LogP contribution in [0.5, 0.6) is 0 Å². The number of likely N-dealkylation sites (tertiary alicyclic amines) is 2. The Bertz CT molecular complexity index is 2400. The molecule has 2 saturated heterocycles. The highest BCUT2D eigenvalue weighted by atomic mass is 16.2. The van der Waals surface area contributed by atoms with E-state index in [2.05, 4.69) is 42.5 Å². The van der Waals surface area contributed by atoms with Gasteiger partial charge in [-0.3, -0.25) is 47.9 Å². The molecule has 0 saturated carbocycles. The van der Waals surface area contributed by atoms with Gasteiger partial charge in [0.05, 0.1) is 30.7 Å². The summed E-state index contributed by atoms with van der Waals surface area (Å²) in [6, 6.07) is 9.39. The number of carbonyl (C=O) groups excluding carboxylic acids is 10. The second kappa shape index (κ2) is 26.4. The third kappa shape index (κ3) is 15.4. The van der Waals surface area contributed by atoms with Crippen molar-refractivity contribution in [1.29, 1.82) is 0 Å². The van der Waals surface area contributed by atoms with Crippen LogP contribution >= 0.6 is 0 Å². The molecule has 10 atom stereocenters. The van der Waals surface area contributed by atoms with Crippen LogP contribution < -0.4 is 42.5 Å². The Morgan fingerprint density at radius 2 is 1.06 bits per heavy atom. The standard InChI is InChI=1S/C58H84N10O10/c1-33(59-9)50(72)65-48(57(3,4)5)55(77)67-31-35(28-44(67)52(74)63-42-23-15-19-36-17-11-13-21-40(36)42)27-39(69)30-61-54(76)46(70)25-26-47(71)62-38-29-45(53(75)64-43-24-16-20-37-18-12-14-22-41(37)43)68(32-38)56(78)49(58(6,7)8)66-51(73)34(2)60-10/h11-14,17-18,21-22,33-35,38,42-45,48-49,59-60H,15-16,19-20,23-32H2,1-10H3,(H,61,76)(H,62,71)(H,63,74)(H,64,75)(H,65,72)(H,66,73)/t33-,34-,35-,38-,42+,43+,44-,45-,48+,49+/m0/s1. The van der Waals surface area contributed by atoms with Gasteiger partial charge in [-0.25, -0.2) is 0 Å². The summed E-state index contributed by atoms with van der Waals surface area (Å²) in [5.74, 6) is -6.01. The Hall–Kier alpha value is -6.54. The summed E-state index contributed by atoms with van der Waals surface area (Å²) in [5, 5.41) is 23.1. The van der Waals surface area contributed by atoms with Crippen LogP contribution in [0.4, 0.5) is 0 Å². The maximum Gasteiger partial charge on any atom is 0.287 e. The smallest absolute Gasteiger partial charge is 0.287 e. The number of nitrogens with zero attached hydrogens (tertiary/aromatic N) is 2. The number of likely N-dealkylation sites (N-methyl/N-ethyl adjacent to an activating group) is 2. The van der Waals surface area contributed by atoms with Gasteiger partial charge >= 0.3 is 0 Å². The molecule has 78 heavy (non-hydrogen) atoms. The summed E-state index contributed by atoms with van der Waals surface area (Å²) in [7, 11) is 3.27. The lowest BCUT2D eigenvalue weighted by Crippen LogP contribution is -2.59. The maximum atomic E-state index is 14.5. The van der Waals surface area contributed by atoms with E-state index in [0.29, 0.717) is 12.8 Å². The van der Waals surface area contributed by atoms with E-state index in [1.807, 2.05) is 90.1 Å². The Balaban J connectivity index is 1.06. The van der Waals surface area contributed by atoms with E-state index in [0.717, 1.165) is 47.9 Å². The first-order valence-electron chi connectivity index (χ1n) is 27.8. The molecule has 6 rings (SSSR count). The third-order valence-corrected chi connectivity index (χ3v) is 15.8. The average Bonchev–Trinajstić information content (AvgIpc) is 4.07. The van der Waals surface area contributed by atoms with Gasteiger partial charge in [0.1, 0.15) is 24.2 Å². The number of Topliss-reactive ketones (excluding diaryl/α,β-unsaturated/α-hetero) is 2. The van der Waals surface area contributed by atoms with Crippen molar-refractivity contribution in [2.24, 2.45) is 16.7 Å². The highest BCUT2D eigenvalue weighted by Crippen LogP contribution is 2.35. The van der Waals surface area contributed by atoms with Gasteiger partial charge in [-0.15, -0.1) is 0 Å². The highest BCUT2D eigenvalue weighted by molar-refractivity contribution is 6.36. The van der Waals surface area contributed by atoms with Gasteiger partial charge in [-0.2, -0.15) is 0 Å². The number of amides is 8. The number of carbonyl (C=O) groups is 10. The van der Waals surface area contributed by atoms with E-state index in [-0.39, 0.29) is 56.3 Å². The van der Waals surface area contributed by atoms with Crippen LogP contribution in [0.15, 0.2) is 48.5 Å². The zero-order chi connectivity index (χ0) is 57.2. The molecule has 426 valence electrons. The van der Waals surface area contributed by atoms with E-state index < -0.39 is 125 Å². The maximum absolute atomic E-state index is 14.5. The molecule has 8 amide bonds. The Kier molecular flexibility index (Phi) is 20.5. The fourth-order valence-electron chi connectivity index (χ4n) is 11.1. The summed E-state index contributed by atoms with van der Waals surface area (Å²) in [6.45, 7) is 13.7. The van der Waals surface area contributed by atoms with E-state index in [1.54, 1.807) is 27.9 Å². The van der Waals surface area contributed by atoms with Crippen molar-refractivity contribution >= 4 is 58.8 Å². The fraction of sp³-hybridized carbons (Fsp3) is 0.621. The number of benzene rings is 2. The normalized spacial score (nSPS) is 22.5. The predicted octanol–water partition coefficient (Wildman–Crippen LogP) is 2.38. The molecule has 2 aromatic carbocycles. The molecule has 0 spiro atoms. The van der Waals surface area contributed by atoms with E-state index in [4.69, 9.17) is 0 Å². The van der Waals surface area contributed by atoms with Gasteiger partial charge in [0.15, 0.2) is 5.78 Å². The number of rotatable bonds is 21. The van der Waals surface area contributed by atoms with Crippen LogP contribution in [0.1, 0.15) is 148 Å². The van der Waals surface area contributed by atoms with E-state index in [1.165, 1.54) is 9.80 Å². The minimum atomic E-state index is -1.06. The van der Waals surface area contributed by atoms with Crippen LogP contribution in [-0.4, -0.2) is 145 Å². The number of hydrogen-bond acceptors (Lipinski definition) is 12. The zero-order valence-electron chi connectivity index (χ0n) is 47.3. The molecule has 0 unspecified atom stereocenters. The van der Waals surface area contributed by atoms with Crippen LogP contribution in [-0.2, 0) is 60.8 Å². The molecule has 20 nitrogen and oxygen atoms in total. The number of fused-ring (bicyclic) bond motifs is 2. The molecule has 2 aliphatic heterocycles. The van der Waals surface area contributed by atoms with Crippen LogP contribution in [0, 0.1) is 16.7 Å². The minimum Gasteiger partial charge on any atom is -0.351 e. The average molecular weight is 1080 g/mol. The van der Waals surface area contributed by atoms with Crippen molar-refractivity contribution in [3.63, 3.8) is 0 Å². The molecule has 2 aromatic rings. The van der Waals surface area contributed by atoms with Gasteiger partial charge in [0.2, 0.25) is 47.1 Å². The number of ketones is 2. The van der Waals surface area contributed by atoms with Gasteiger partial charge in [0, 0.05) is 38.4 Å². The molecule has 4 aliphatic rings. The molecule has 2 aliphatic carbocycles. The van der Waals surface area contributed by atoms with Crippen molar-refractivity contribution in [1.82, 2.24) is 52.3 Å². The number of hydrogen-bond donors (Lipinski definition) is 8. The predicted molar refractivity (Wildman–Crippen MR) is 293 cm³/mol. The highest BCUT2D eigenvalue weighted by Gasteiger charge is 2.48. The third-order valence-electron chi connectivity index (χ3n) is 15.8. The lowest BCUT2D eigenvalue weighted by atomic mass is 9.85. The first kappa shape index (κ1) is 60.7. The molecular formula is C58H84N10O10. The summed E-state index contributed by atoms with van der Waals surface area (Å²) < 4.78 is 0. The zero-order valence-corrected chi connectivity index (χ0v) is 47.3. The summed E-state index contributed by atoms with van der Waals surface area (Å²) in [4.78, 5) is 140. The Labute approximate surface area is 459 Å². The number of nitrogens with one attached hydrogen (secondary N) is 8. The largest absolute Gasteiger partial charge is 0.351 e. The fourth-order valence-corrected chi connectivity index (χ4v) is 11.1. The second-order valence-electron chi connectivity index (χ2n) is 23.9. The molecule has 8 N–H and O–H groups in total. The van der Waals surface area contributed by atoms with Crippen molar-refractivity contribution in [2.75, 3.05) is 33.7 Å². The van der Waals surface area contributed by atoms with Gasteiger partial charge in [-0.1, -0.05) is 90.1 Å². The molecular weight excluding hydrogens is 997 g/mol. The summed E-state index contributed by atoms with van der Waals surface area (Å²) in [5.41, 5.74) is 2.80. The minimum absolute atomic E-state index is 0.0347. The van der Waals surface area contributed by atoms with Crippen molar-refractivity contribution in [3.05, 3.63) is 70.8 Å². The van der Waals surface area contributed by atoms with Gasteiger partial charge in [0.25, 0.3) is 5.91 Å². The second-order valence-corrected chi connectivity index (χ2v) is 23.9. The lowest BCUT2D eigenvalue weighted by Gasteiger charge is -2.36. The Morgan fingerprint density at radius 1 is 0.603 bits per heavy atom. The van der Waals surface area contributed by atoms with Crippen molar-refractivity contribution in [3.8, 4) is 0 Å². The van der Waals surface area contributed by atoms with Crippen molar-refractivity contribution < 1.29 is 47.9 Å². The molecule has 2 heterocycles. The van der Waals surface area contributed by atoms with Gasteiger partial charge in [-0.05, 0) is 118 Å². The summed E-state index contributed by atoms with van der Waals surface area (Å²) >= 11 is 0. The van der Waals surface area contributed by atoms with E-state index >= 15 is 0 Å². The van der Waals surface area contributed by atoms with Gasteiger partial charge < -0.3 is 52.3 Å². The quantitative estimate of drug-likeness (QED) is 0.0838. The van der Waals surface area contributed by atoms with Crippen molar-refractivity contribution in [2.45, 2.75) is 180 Å². The first-order chi connectivity index (χ1) is 36.8. The topological polar surface area (TPSA) is 273 Å². The van der Waals surface area contributed by atoms with E-state index in [9.17, 15) is 47.9 Å². The SMILES string of the molecule is CN[C@@H](C)C(=O)N[C@H](C(=O)N1C[C@@H](CC(=O)CNC(=O)C(=O)CCC(=O)N[C@H]2C[C@@H](C(=O)N[C@@H]3CCCc4ccccc43)N(C(=O)[C@@H](NC(=O)[C@H](C)NC)C(C)(C)C)C2)C[C@H]1C(=O)N[C@@H]1CCCc2ccccc21)C(C)(C)C. The Morgan fingerprint density at radius 3 is 1.54 bits per heavy atom. The number of aryl methyl sites for hydroxylation is 2. The molecule has 20 heteroatoms.